The summed E-state index contributed by atoms with van der Waals surface area (Å²) in [6.07, 6.45) is 7.22. The first-order chi connectivity index (χ1) is 17.4. The molecule has 6 nitrogen and oxygen atoms in total. The summed E-state index contributed by atoms with van der Waals surface area (Å²) < 4.78 is 29.3. The van der Waals surface area contributed by atoms with Gasteiger partial charge in [-0.25, -0.2) is 8.78 Å². The Morgan fingerprint density at radius 1 is 1.17 bits per heavy atom. The number of rotatable bonds is 5. The van der Waals surface area contributed by atoms with Crippen LogP contribution in [0.2, 0.25) is 0 Å². The van der Waals surface area contributed by atoms with Crippen LogP contribution in [-0.2, 0) is 9.59 Å². The van der Waals surface area contributed by atoms with Gasteiger partial charge in [-0.1, -0.05) is 6.08 Å². The molecule has 1 aromatic carbocycles. The second-order valence-electron chi connectivity index (χ2n) is 12.1. The van der Waals surface area contributed by atoms with Crippen molar-refractivity contribution < 1.29 is 18.4 Å². The van der Waals surface area contributed by atoms with Crippen LogP contribution in [-0.4, -0.2) is 65.2 Å². The van der Waals surface area contributed by atoms with Gasteiger partial charge in [0, 0.05) is 37.4 Å². The third-order valence-corrected chi connectivity index (χ3v) is 9.52. The lowest BCUT2D eigenvalue weighted by molar-refractivity contribution is -0.141. The molecule has 3 heterocycles. The molecule has 7 rings (SSSR count). The number of fused-ring (bicyclic) bond motifs is 1. The predicted octanol–water partition coefficient (Wildman–Crippen LogP) is 1.91. The van der Waals surface area contributed by atoms with Crippen molar-refractivity contribution in [3.05, 3.63) is 34.6 Å². The summed E-state index contributed by atoms with van der Waals surface area (Å²) in [4.78, 5) is 34.3. The van der Waals surface area contributed by atoms with Crippen molar-refractivity contribution in [3.8, 4) is 0 Å². The smallest absolute Gasteiger partial charge is 0.244 e. The van der Waals surface area contributed by atoms with E-state index in [0.717, 1.165) is 62.2 Å². The molecule has 6 aliphatic rings. The molecule has 0 aromatic heterocycles. The van der Waals surface area contributed by atoms with E-state index < -0.39 is 11.7 Å². The molecular weight excluding hydrogens is 462 g/mol. The second kappa shape index (κ2) is 8.33. The molecule has 3 aliphatic carbocycles. The second-order valence-corrected chi connectivity index (χ2v) is 12.1. The molecule has 192 valence electrons. The summed E-state index contributed by atoms with van der Waals surface area (Å²) in [6, 6.07) is 4.68. The number of nitrogens with one attached hydrogen (secondary N) is 1. The first-order valence-electron chi connectivity index (χ1n) is 13.8. The van der Waals surface area contributed by atoms with E-state index in [2.05, 4.69) is 5.32 Å². The molecule has 2 amide bonds. The lowest BCUT2D eigenvalue weighted by Crippen LogP contribution is -2.57. The number of benzene rings is 1. The topological polar surface area (TPSA) is 65.0 Å². The van der Waals surface area contributed by atoms with Gasteiger partial charge in [0.2, 0.25) is 11.8 Å². The minimum Gasteiger partial charge on any atom is -0.342 e. The fourth-order valence-corrected chi connectivity index (χ4v) is 7.03. The molecule has 0 radical (unpaired) electrons. The maximum Gasteiger partial charge on any atom is 0.244 e. The van der Waals surface area contributed by atoms with Crippen molar-refractivity contribution in [1.82, 2.24) is 15.1 Å². The number of hydrogen-bond acceptors (Lipinski definition) is 4. The van der Waals surface area contributed by atoms with Gasteiger partial charge in [-0.05, 0) is 80.7 Å². The number of halogens is 2. The lowest BCUT2D eigenvalue weighted by Gasteiger charge is -2.44. The Balaban J connectivity index is 1.02. The zero-order chi connectivity index (χ0) is 24.6. The average Bonchev–Trinajstić information content (AvgIpc) is 3.76. The van der Waals surface area contributed by atoms with Crippen LogP contribution in [0.15, 0.2) is 23.2 Å². The number of hydrogen-bond donors (Lipinski definition) is 1. The highest BCUT2D eigenvalue weighted by atomic mass is 19.1. The molecule has 8 heteroatoms. The summed E-state index contributed by atoms with van der Waals surface area (Å²) in [6.45, 7) is 2.05. The van der Waals surface area contributed by atoms with Crippen molar-refractivity contribution in [2.24, 2.45) is 28.7 Å². The number of carbonyl (C=O) groups is 2. The van der Waals surface area contributed by atoms with Crippen LogP contribution in [0.25, 0.3) is 6.08 Å². The number of nitrogens with zero attached hydrogens (tertiary/aromatic N) is 3. The molecule has 36 heavy (non-hydrogen) atoms. The fraction of sp³-hybridized carbons (Fsp3) is 0.679. The monoisotopic (exact) mass is 496 g/mol. The van der Waals surface area contributed by atoms with Gasteiger partial charge in [-0.3, -0.25) is 19.9 Å². The van der Waals surface area contributed by atoms with Crippen molar-refractivity contribution in [1.29, 1.82) is 0 Å². The average molecular weight is 497 g/mol. The Bertz CT molecular complexity index is 1210. The van der Waals surface area contributed by atoms with Gasteiger partial charge in [-0.2, -0.15) is 0 Å². The molecule has 3 aliphatic heterocycles. The first-order valence-corrected chi connectivity index (χ1v) is 13.8. The fourth-order valence-electron chi connectivity index (χ4n) is 7.03. The Hall–Kier alpha value is -2.35. The minimum absolute atomic E-state index is 0.0242. The quantitative estimate of drug-likeness (QED) is 0.678. The van der Waals surface area contributed by atoms with E-state index in [1.54, 1.807) is 6.07 Å². The Morgan fingerprint density at radius 3 is 2.69 bits per heavy atom. The van der Waals surface area contributed by atoms with Crippen molar-refractivity contribution >= 4 is 17.9 Å². The SMILES string of the molecule is O=C(C1CC1)N1CC(CN2C(=O)C3(CC3)NC2C2CCC(C3CC=c4cc(F)ccc4=N3)CC2F)C1. The number of carbonyl (C=O) groups excluding carboxylic acids is 2. The third-order valence-electron chi connectivity index (χ3n) is 9.52. The van der Waals surface area contributed by atoms with Gasteiger partial charge in [0.1, 0.15) is 12.0 Å². The molecule has 5 atom stereocenters. The van der Waals surface area contributed by atoms with E-state index in [0.29, 0.717) is 19.4 Å². The summed E-state index contributed by atoms with van der Waals surface area (Å²) >= 11 is 0. The van der Waals surface area contributed by atoms with Gasteiger partial charge in [0.25, 0.3) is 0 Å². The maximum atomic E-state index is 15.8. The van der Waals surface area contributed by atoms with Crippen LogP contribution in [0, 0.1) is 29.5 Å². The van der Waals surface area contributed by atoms with Gasteiger partial charge >= 0.3 is 0 Å². The summed E-state index contributed by atoms with van der Waals surface area (Å²) in [5.74, 6) is 0.592. The summed E-state index contributed by atoms with van der Waals surface area (Å²) in [7, 11) is 0. The van der Waals surface area contributed by atoms with Crippen LogP contribution < -0.4 is 15.9 Å². The standard InChI is InChI=1S/C28H34F2N4O2/c29-20-5-8-24-18(11-20)4-7-23(31-24)19-3-6-21(22(30)12-19)25-32-28(9-10-28)27(36)34(25)15-16-13-33(14-16)26(35)17-1-2-17/h4-5,8,11,16-17,19,21-23,25,32H,1-3,6-7,9-10,12-15H2. The molecule has 2 saturated heterocycles. The van der Waals surface area contributed by atoms with Gasteiger partial charge in [0.15, 0.2) is 0 Å². The first kappa shape index (κ1) is 22.8. The Labute approximate surface area is 209 Å². The molecule has 1 spiro atoms. The molecule has 5 fully saturated rings. The summed E-state index contributed by atoms with van der Waals surface area (Å²) in [5, 5.41) is 5.18. The molecular formula is C28H34F2N4O2. The zero-order valence-corrected chi connectivity index (χ0v) is 20.5. The van der Waals surface area contributed by atoms with E-state index in [-0.39, 0.29) is 53.5 Å². The van der Waals surface area contributed by atoms with Crippen LogP contribution in [0.3, 0.4) is 0 Å². The van der Waals surface area contributed by atoms with Gasteiger partial charge in [0.05, 0.1) is 23.1 Å². The summed E-state index contributed by atoms with van der Waals surface area (Å²) in [5.41, 5.74) is -0.471. The Kier molecular flexibility index (Phi) is 5.28. The molecule has 1 aromatic rings. The highest BCUT2D eigenvalue weighted by Gasteiger charge is 2.61. The van der Waals surface area contributed by atoms with Crippen LogP contribution in [0.1, 0.15) is 51.4 Å². The number of amides is 2. The molecule has 1 N–H and O–H groups in total. The predicted molar refractivity (Wildman–Crippen MR) is 129 cm³/mol. The number of alkyl halides is 1. The largest absolute Gasteiger partial charge is 0.342 e. The Morgan fingerprint density at radius 2 is 1.97 bits per heavy atom. The number of likely N-dealkylation sites (tertiary alicyclic amines) is 1. The van der Waals surface area contributed by atoms with E-state index in [9.17, 15) is 14.0 Å². The minimum atomic E-state index is -0.996. The lowest BCUT2D eigenvalue weighted by atomic mass is 9.75. The van der Waals surface area contributed by atoms with Crippen LogP contribution in [0.5, 0.6) is 0 Å². The van der Waals surface area contributed by atoms with E-state index in [1.807, 2.05) is 15.9 Å². The highest BCUT2D eigenvalue weighted by molar-refractivity contribution is 5.92. The van der Waals surface area contributed by atoms with E-state index in [1.165, 1.54) is 12.1 Å². The van der Waals surface area contributed by atoms with Crippen molar-refractivity contribution in [2.75, 3.05) is 19.6 Å². The molecule has 3 saturated carbocycles. The maximum absolute atomic E-state index is 15.8. The van der Waals surface area contributed by atoms with Crippen molar-refractivity contribution in [3.63, 3.8) is 0 Å². The van der Waals surface area contributed by atoms with Gasteiger partial charge < -0.3 is 9.80 Å². The van der Waals surface area contributed by atoms with E-state index in [4.69, 9.17) is 4.99 Å². The van der Waals surface area contributed by atoms with Gasteiger partial charge in [-0.15, -0.1) is 0 Å². The molecule has 0 bridgehead atoms. The third kappa shape index (κ3) is 3.87. The van der Waals surface area contributed by atoms with Crippen molar-refractivity contribution in [2.45, 2.75) is 75.3 Å². The normalized spacial score (nSPS) is 35.2. The van der Waals surface area contributed by atoms with Crippen LogP contribution in [0.4, 0.5) is 8.78 Å². The highest BCUT2D eigenvalue weighted by Crippen LogP contribution is 2.47. The molecule has 5 unspecified atom stereocenters. The van der Waals surface area contributed by atoms with Crippen LogP contribution >= 0.6 is 0 Å². The van der Waals surface area contributed by atoms with E-state index >= 15 is 4.39 Å². The zero-order valence-electron chi connectivity index (χ0n) is 20.5.